The van der Waals surface area contributed by atoms with Crippen LogP contribution in [-0.4, -0.2) is 17.5 Å². The quantitative estimate of drug-likeness (QED) is 0.885. The van der Waals surface area contributed by atoms with Crippen LogP contribution < -0.4 is 5.32 Å². The third-order valence-corrected chi connectivity index (χ3v) is 5.29. The van der Waals surface area contributed by atoms with Crippen LogP contribution in [0.1, 0.15) is 37.8 Å². The summed E-state index contributed by atoms with van der Waals surface area (Å²) >= 11 is 5.49. The lowest BCUT2D eigenvalue weighted by Crippen LogP contribution is -2.35. The number of rotatable bonds is 4. The molecule has 0 spiro atoms. The molecule has 1 N–H and O–H groups in total. The molecule has 1 aliphatic rings. The van der Waals surface area contributed by atoms with E-state index in [0.29, 0.717) is 12.1 Å². The Morgan fingerprint density at radius 3 is 2.65 bits per heavy atom. The lowest BCUT2D eigenvalue weighted by molar-refractivity contribution is 0.467. The zero-order chi connectivity index (χ0) is 12.3. The summed E-state index contributed by atoms with van der Waals surface area (Å²) in [5.41, 5.74) is 1.37. The van der Waals surface area contributed by atoms with Crippen LogP contribution in [0.5, 0.6) is 0 Å². The Kier molecular flexibility index (Phi) is 4.95. The molecular formula is C14H20BrNS. The standard InChI is InChI=1S/C14H20BrNS/c1-10(11-6-8-12(15)9-7-11)16-13-4-3-5-14(13)17-2/h6-10,13-14,16H,3-5H2,1-2H3. The molecule has 1 aromatic rings. The average Bonchev–Trinajstić information content (AvgIpc) is 2.77. The number of benzene rings is 1. The fourth-order valence-electron chi connectivity index (χ4n) is 2.57. The van der Waals surface area contributed by atoms with Gasteiger partial charge in [0, 0.05) is 21.8 Å². The van der Waals surface area contributed by atoms with Crippen molar-refractivity contribution in [2.24, 2.45) is 0 Å². The highest BCUT2D eigenvalue weighted by Crippen LogP contribution is 2.30. The van der Waals surface area contributed by atoms with E-state index in [-0.39, 0.29) is 0 Å². The second kappa shape index (κ2) is 6.26. The zero-order valence-electron chi connectivity index (χ0n) is 10.4. The number of hydrogen-bond acceptors (Lipinski definition) is 2. The lowest BCUT2D eigenvalue weighted by atomic mass is 10.1. The largest absolute Gasteiger partial charge is 0.306 e. The van der Waals surface area contributed by atoms with Crippen molar-refractivity contribution in [3.8, 4) is 0 Å². The molecule has 0 aliphatic heterocycles. The van der Waals surface area contributed by atoms with Gasteiger partial charge in [-0.05, 0) is 43.7 Å². The molecule has 1 nitrogen and oxygen atoms in total. The van der Waals surface area contributed by atoms with E-state index in [9.17, 15) is 0 Å². The smallest absolute Gasteiger partial charge is 0.0294 e. The van der Waals surface area contributed by atoms with Crippen LogP contribution in [0, 0.1) is 0 Å². The molecule has 0 saturated heterocycles. The molecule has 1 aromatic carbocycles. The highest BCUT2D eigenvalue weighted by Gasteiger charge is 2.27. The fraction of sp³-hybridized carbons (Fsp3) is 0.571. The first kappa shape index (κ1) is 13.4. The number of halogens is 1. The average molecular weight is 314 g/mol. The molecule has 17 heavy (non-hydrogen) atoms. The third-order valence-electron chi connectivity index (χ3n) is 3.59. The van der Waals surface area contributed by atoms with Gasteiger partial charge in [-0.25, -0.2) is 0 Å². The summed E-state index contributed by atoms with van der Waals surface area (Å²) < 4.78 is 1.15. The molecule has 3 heteroatoms. The molecule has 1 saturated carbocycles. The molecule has 0 bridgehead atoms. The van der Waals surface area contributed by atoms with Crippen molar-refractivity contribution in [2.45, 2.75) is 43.5 Å². The van der Waals surface area contributed by atoms with Gasteiger partial charge in [0.15, 0.2) is 0 Å². The second-order valence-corrected chi connectivity index (χ2v) is 6.74. The van der Waals surface area contributed by atoms with Crippen molar-refractivity contribution in [1.29, 1.82) is 0 Å². The van der Waals surface area contributed by atoms with E-state index in [2.05, 4.69) is 58.7 Å². The Labute approximate surface area is 117 Å². The number of hydrogen-bond donors (Lipinski definition) is 1. The van der Waals surface area contributed by atoms with Gasteiger partial charge in [-0.1, -0.05) is 34.5 Å². The number of thioether (sulfide) groups is 1. The first-order valence-electron chi connectivity index (χ1n) is 6.25. The van der Waals surface area contributed by atoms with Crippen LogP contribution in [0.2, 0.25) is 0 Å². The molecule has 2 rings (SSSR count). The summed E-state index contributed by atoms with van der Waals surface area (Å²) in [5, 5.41) is 4.58. The van der Waals surface area contributed by atoms with Crippen molar-refractivity contribution in [3.63, 3.8) is 0 Å². The summed E-state index contributed by atoms with van der Waals surface area (Å²) in [4.78, 5) is 0. The van der Waals surface area contributed by atoms with Crippen LogP contribution in [0.15, 0.2) is 28.7 Å². The fourth-order valence-corrected chi connectivity index (χ4v) is 3.78. The lowest BCUT2D eigenvalue weighted by Gasteiger charge is -2.24. The summed E-state index contributed by atoms with van der Waals surface area (Å²) in [5.74, 6) is 0. The van der Waals surface area contributed by atoms with Crippen molar-refractivity contribution < 1.29 is 0 Å². The molecule has 0 heterocycles. The first-order valence-corrected chi connectivity index (χ1v) is 8.33. The van der Waals surface area contributed by atoms with E-state index in [0.717, 1.165) is 9.72 Å². The van der Waals surface area contributed by atoms with Crippen LogP contribution in [0.25, 0.3) is 0 Å². The van der Waals surface area contributed by atoms with E-state index < -0.39 is 0 Å². The molecule has 1 aliphatic carbocycles. The van der Waals surface area contributed by atoms with Gasteiger partial charge in [0.05, 0.1) is 0 Å². The van der Waals surface area contributed by atoms with Gasteiger partial charge in [-0.3, -0.25) is 0 Å². The zero-order valence-corrected chi connectivity index (χ0v) is 12.9. The van der Waals surface area contributed by atoms with E-state index in [1.165, 1.54) is 24.8 Å². The SMILES string of the molecule is CSC1CCCC1NC(C)c1ccc(Br)cc1. The normalized spacial score (nSPS) is 26.1. The highest BCUT2D eigenvalue weighted by atomic mass is 79.9. The van der Waals surface area contributed by atoms with E-state index >= 15 is 0 Å². The minimum absolute atomic E-state index is 0.445. The van der Waals surface area contributed by atoms with Crippen molar-refractivity contribution >= 4 is 27.7 Å². The topological polar surface area (TPSA) is 12.0 Å². The molecule has 3 unspecified atom stereocenters. The highest BCUT2D eigenvalue weighted by molar-refractivity contribution is 9.10. The Morgan fingerprint density at radius 1 is 1.29 bits per heavy atom. The monoisotopic (exact) mass is 313 g/mol. The van der Waals surface area contributed by atoms with Gasteiger partial charge in [-0.15, -0.1) is 0 Å². The maximum Gasteiger partial charge on any atom is 0.0294 e. The van der Waals surface area contributed by atoms with Crippen molar-refractivity contribution in [1.82, 2.24) is 5.32 Å². The molecular weight excluding hydrogens is 294 g/mol. The molecule has 3 atom stereocenters. The summed E-state index contributed by atoms with van der Waals surface area (Å²) in [6.45, 7) is 2.26. The minimum atomic E-state index is 0.445. The van der Waals surface area contributed by atoms with E-state index in [4.69, 9.17) is 0 Å². The van der Waals surface area contributed by atoms with Gasteiger partial charge in [0.2, 0.25) is 0 Å². The summed E-state index contributed by atoms with van der Waals surface area (Å²) in [7, 11) is 0. The van der Waals surface area contributed by atoms with Crippen LogP contribution in [0.4, 0.5) is 0 Å². The predicted octanol–water partition coefficient (Wildman–Crippen LogP) is 4.38. The molecule has 0 radical (unpaired) electrons. The van der Waals surface area contributed by atoms with Gasteiger partial charge in [0.1, 0.15) is 0 Å². The Balaban J connectivity index is 1.96. The molecule has 1 fully saturated rings. The van der Waals surface area contributed by atoms with Crippen LogP contribution in [0.3, 0.4) is 0 Å². The van der Waals surface area contributed by atoms with Crippen LogP contribution in [-0.2, 0) is 0 Å². The molecule has 94 valence electrons. The maximum absolute atomic E-state index is 3.78. The molecule has 0 amide bonds. The second-order valence-electron chi connectivity index (χ2n) is 4.75. The van der Waals surface area contributed by atoms with Gasteiger partial charge < -0.3 is 5.32 Å². The Hall–Kier alpha value is 0.01000. The van der Waals surface area contributed by atoms with Crippen molar-refractivity contribution in [2.75, 3.05) is 6.26 Å². The first-order chi connectivity index (χ1) is 8.20. The van der Waals surface area contributed by atoms with Gasteiger partial charge >= 0.3 is 0 Å². The maximum atomic E-state index is 3.78. The molecule has 0 aromatic heterocycles. The van der Waals surface area contributed by atoms with Crippen LogP contribution >= 0.6 is 27.7 Å². The van der Waals surface area contributed by atoms with Crippen molar-refractivity contribution in [3.05, 3.63) is 34.3 Å². The van der Waals surface area contributed by atoms with Gasteiger partial charge in [0.25, 0.3) is 0 Å². The summed E-state index contributed by atoms with van der Waals surface area (Å²) in [6.07, 6.45) is 6.30. The number of nitrogens with one attached hydrogen (secondary N) is 1. The minimum Gasteiger partial charge on any atom is -0.306 e. The van der Waals surface area contributed by atoms with Gasteiger partial charge in [-0.2, -0.15) is 11.8 Å². The Morgan fingerprint density at radius 2 is 2.00 bits per heavy atom. The third kappa shape index (κ3) is 3.49. The van der Waals surface area contributed by atoms with E-state index in [1.807, 2.05) is 11.8 Å². The Bertz CT molecular complexity index is 352. The summed E-state index contributed by atoms with van der Waals surface area (Å²) in [6, 6.07) is 9.77. The van der Waals surface area contributed by atoms with E-state index in [1.54, 1.807) is 0 Å². The predicted molar refractivity (Wildman–Crippen MR) is 80.6 cm³/mol.